The van der Waals surface area contributed by atoms with Crippen LogP contribution >= 0.6 is 11.8 Å². The Morgan fingerprint density at radius 3 is 2.77 bits per heavy atom. The zero-order valence-electron chi connectivity index (χ0n) is 13.7. The van der Waals surface area contributed by atoms with Crippen LogP contribution in [0.4, 0.5) is 5.69 Å². The van der Waals surface area contributed by atoms with E-state index < -0.39 is 0 Å². The van der Waals surface area contributed by atoms with Crippen molar-refractivity contribution in [2.24, 2.45) is 0 Å². The van der Waals surface area contributed by atoms with Gasteiger partial charge in [0.05, 0.1) is 5.75 Å². The summed E-state index contributed by atoms with van der Waals surface area (Å²) in [6, 6.07) is 19.4. The SMILES string of the molecule is O=C(CSc1n[nH]c(-c2ccccn2)n1)Nc1cccc2ccccc12. The predicted molar refractivity (Wildman–Crippen MR) is 103 cm³/mol. The van der Waals surface area contributed by atoms with Crippen LogP contribution in [0, 0.1) is 0 Å². The highest BCUT2D eigenvalue weighted by Gasteiger charge is 2.10. The molecule has 2 heterocycles. The van der Waals surface area contributed by atoms with Gasteiger partial charge in [0.15, 0.2) is 5.82 Å². The molecular weight excluding hydrogens is 346 g/mol. The van der Waals surface area contributed by atoms with Gasteiger partial charge in [0.1, 0.15) is 5.69 Å². The summed E-state index contributed by atoms with van der Waals surface area (Å²) in [5, 5.41) is 12.5. The van der Waals surface area contributed by atoms with Crippen LogP contribution in [0.3, 0.4) is 0 Å². The van der Waals surface area contributed by atoms with Crippen molar-refractivity contribution in [3.05, 3.63) is 66.9 Å². The number of aromatic nitrogens is 4. The summed E-state index contributed by atoms with van der Waals surface area (Å²) in [6.07, 6.45) is 1.70. The molecule has 6 nitrogen and oxygen atoms in total. The molecule has 0 aliphatic heterocycles. The van der Waals surface area contributed by atoms with Crippen molar-refractivity contribution in [1.29, 1.82) is 0 Å². The van der Waals surface area contributed by atoms with Gasteiger partial charge < -0.3 is 5.32 Å². The van der Waals surface area contributed by atoms with Gasteiger partial charge in [-0.2, -0.15) is 4.98 Å². The number of anilines is 1. The number of carbonyl (C=O) groups excluding carboxylic acids is 1. The fourth-order valence-corrected chi connectivity index (χ4v) is 3.18. The maximum absolute atomic E-state index is 12.3. The number of pyridine rings is 1. The number of nitrogens with zero attached hydrogens (tertiary/aromatic N) is 3. The summed E-state index contributed by atoms with van der Waals surface area (Å²) in [4.78, 5) is 20.9. The van der Waals surface area contributed by atoms with Crippen molar-refractivity contribution in [1.82, 2.24) is 20.2 Å². The first kappa shape index (κ1) is 16.3. The number of amides is 1. The first-order valence-electron chi connectivity index (χ1n) is 8.04. The molecule has 0 unspecified atom stereocenters. The van der Waals surface area contributed by atoms with Crippen LogP contribution in [-0.4, -0.2) is 31.8 Å². The highest BCUT2D eigenvalue weighted by atomic mass is 32.2. The van der Waals surface area contributed by atoms with Crippen molar-refractivity contribution in [3.8, 4) is 11.5 Å². The number of aromatic amines is 1. The largest absolute Gasteiger partial charge is 0.325 e. The lowest BCUT2D eigenvalue weighted by molar-refractivity contribution is -0.113. The van der Waals surface area contributed by atoms with E-state index in [2.05, 4.69) is 25.5 Å². The Bertz CT molecular complexity index is 1040. The third kappa shape index (κ3) is 3.57. The zero-order chi connectivity index (χ0) is 17.8. The highest BCUT2D eigenvalue weighted by Crippen LogP contribution is 2.23. The molecule has 0 aliphatic rings. The standard InChI is InChI=1S/C19H15N5OS/c25-17(21-15-10-5-7-13-6-1-2-8-14(13)15)12-26-19-22-18(23-24-19)16-9-3-4-11-20-16/h1-11H,12H2,(H,21,25)(H,22,23,24). The van der Waals surface area contributed by atoms with E-state index in [1.165, 1.54) is 11.8 Å². The Kier molecular flexibility index (Phi) is 4.61. The molecule has 1 amide bonds. The maximum atomic E-state index is 12.3. The van der Waals surface area contributed by atoms with Gasteiger partial charge in [0.25, 0.3) is 0 Å². The van der Waals surface area contributed by atoms with Gasteiger partial charge in [-0.05, 0) is 23.6 Å². The summed E-state index contributed by atoms with van der Waals surface area (Å²) < 4.78 is 0. The van der Waals surface area contributed by atoms with Gasteiger partial charge in [-0.3, -0.25) is 14.9 Å². The van der Waals surface area contributed by atoms with Gasteiger partial charge in [0, 0.05) is 17.3 Å². The first-order valence-corrected chi connectivity index (χ1v) is 9.02. The monoisotopic (exact) mass is 361 g/mol. The van der Waals surface area contributed by atoms with Gasteiger partial charge in [-0.1, -0.05) is 54.2 Å². The Morgan fingerprint density at radius 1 is 1.04 bits per heavy atom. The molecule has 0 saturated carbocycles. The number of nitrogens with one attached hydrogen (secondary N) is 2. The lowest BCUT2D eigenvalue weighted by Crippen LogP contribution is -2.14. The van der Waals surface area contributed by atoms with E-state index in [-0.39, 0.29) is 11.7 Å². The molecule has 0 saturated heterocycles. The topological polar surface area (TPSA) is 83.6 Å². The Labute approximate surface area is 154 Å². The molecule has 0 spiro atoms. The van der Waals surface area contributed by atoms with Gasteiger partial charge in [-0.25, -0.2) is 0 Å². The second kappa shape index (κ2) is 7.37. The van der Waals surface area contributed by atoms with Gasteiger partial charge in [-0.15, -0.1) is 5.10 Å². The van der Waals surface area contributed by atoms with E-state index in [1.54, 1.807) is 6.20 Å². The number of rotatable bonds is 5. The lowest BCUT2D eigenvalue weighted by Gasteiger charge is -2.08. The van der Waals surface area contributed by atoms with E-state index in [0.717, 1.165) is 16.5 Å². The number of thioether (sulfide) groups is 1. The summed E-state index contributed by atoms with van der Waals surface area (Å²) in [6.45, 7) is 0. The summed E-state index contributed by atoms with van der Waals surface area (Å²) in [5.74, 6) is 0.709. The molecule has 2 aromatic carbocycles. The van der Waals surface area contributed by atoms with Crippen molar-refractivity contribution in [2.75, 3.05) is 11.1 Å². The first-order chi connectivity index (χ1) is 12.8. The van der Waals surface area contributed by atoms with Crippen LogP contribution in [0.2, 0.25) is 0 Å². The fraction of sp³-hybridized carbons (Fsp3) is 0.0526. The summed E-state index contributed by atoms with van der Waals surface area (Å²) >= 11 is 1.28. The van der Waals surface area contributed by atoms with Crippen LogP contribution in [0.5, 0.6) is 0 Å². The average molecular weight is 361 g/mol. The number of hydrogen-bond donors (Lipinski definition) is 2. The van der Waals surface area contributed by atoms with E-state index >= 15 is 0 Å². The quantitative estimate of drug-likeness (QED) is 0.529. The highest BCUT2D eigenvalue weighted by molar-refractivity contribution is 7.99. The Balaban J connectivity index is 1.41. The average Bonchev–Trinajstić information content (AvgIpc) is 3.17. The van der Waals surface area contributed by atoms with Crippen LogP contribution in [-0.2, 0) is 4.79 Å². The lowest BCUT2D eigenvalue weighted by atomic mass is 10.1. The molecule has 26 heavy (non-hydrogen) atoms. The minimum atomic E-state index is -0.101. The number of benzene rings is 2. The normalized spacial score (nSPS) is 10.8. The van der Waals surface area contributed by atoms with Crippen molar-refractivity contribution in [3.63, 3.8) is 0 Å². The molecule has 128 valence electrons. The summed E-state index contributed by atoms with van der Waals surface area (Å²) in [7, 11) is 0. The van der Waals surface area contributed by atoms with Crippen molar-refractivity contribution < 1.29 is 4.79 Å². The van der Waals surface area contributed by atoms with E-state index in [0.29, 0.717) is 16.7 Å². The third-order valence-corrected chi connectivity index (χ3v) is 4.62. The van der Waals surface area contributed by atoms with Gasteiger partial charge >= 0.3 is 0 Å². The summed E-state index contributed by atoms with van der Waals surface area (Å²) in [5.41, 5.74) is 1.52. The molecule has 0 bridgehead atoms. The number of H-pyrrole nitrogens is 1. The molecule has 0 aliphatic carbocycles. The van der Waals surface area contributed by atoms with E-state index in [1.807, 2.05) is 60.7 Å². The third-order valence-electron chi connectivity index (χ3n) is 3.77. The van der Waals surface area contributed by atoms with E-state index in [9.17, 15) is 4.79 Å². The minimum Gasteiger partial charge on any atom is -0.325 e. The fourth-order valence-electron chi connectivity index (χ4n) is 2.58. The second-order valence-corrected chi connectivity index (χ2v) is 6.49. The van der Waals surface area contributed by atoms with Crippen LogP contribution < -0.4 is 5.32 Å². The molecule has 4 aromatic rings. The zero-order valence-corrected chi connectivity index (χ0v) is 14.5. The molecule has 0 radical (unpaired) electrons. The van der Waals surface area contributed by atoms with Gasteiger partial charge in [0.2, 0.25) is 11.1 Å². The molecule has 0 fully saturated rings. The molecule has 7 heteroatoms. The minimum absolute atomic E-state index is 0.101. The molecule has 4 rings (SSSR count). The number of hydrogen-bond acceptors (Lipinski definition) is 5. The predicted octanol–water partition coefficient (Wildman–Crippen LogP) is 3.75. The van der Waals surface area contributed by atoms with E-state index in [4.69, 9.17) is 0 Å². The van der Waals surface area contributed by atoms with Crippen LogP contribution in [0.25, 0.3) is 22.3 Å². The number of fused-ring (bicyclic) bond motifs is 1. The smallest absolute Gasteiger partial charge is 0.234 e. The maximum Gasteiger partial charge on any atom is 0.234 e. The van der Waals surface area contributed by atoms with Crippen molar-refractivity contribution in [2.45, 2.75) is 5.16 Å². The second-order valence-electron chi connectivity index (χ2n) is 5.55. The van der Waals surface area contributed by atoms with Crippen molar-refractivity contribution >= 4 is 34.1 Å². The van der Waals surface area contributed by atoms with Crippen LogP contribution in [0.15, 0.2) is 72.0 Å². The molecule has 0 atom stereocenters. The molecular formula is C19H15N5OS. The molecule has 2 aromatic heterocycles. The number of carbonyl (C=O) groups is 1. The molecule has 2 N–H and O–H groups in total. The Morgan fingerprint density at radius 2 is 1.88 bits per heavy atom. The van der Waals surface area contributed by atoms with Crippen LogP contribution in [0.1, 0.15) is 0 Å². The Hall–Kier alpha value is -3.19.